The van der Waals surface area contributed by atoms with Gasteiger partial charge in [-0.2, -0.15) is 0 Å². The van der Waals surface area contributed by atoms with Gasteiger partial charge >= 0.3 is 0 Å². The Labute approximate surface area is 171 Å². The molecule has 1 atom stereocenters. The molecule has 0 bridgehead atoms. The molecule has 150 valence electrons. The van der Waals surface area contributed by atoms with Crippen LogP contribution < -0.4 is 5.73 Å². The first kappa shape index (κ1) is 19.4. The van der Waals surface area contributed by atoms with Crippen molar-refractivity contribution >= 4 is 17.2 Å². The Morgan fingerprint density at radius 3 is 2.38 bits per heavy atom. The van der Waals surface area contributed by atoms with Crippen LogP contribution >= 0.6 is 0 Å². The van der Waals surface area contributed by atoms with E-state index in [0.717, 1.165) is 42.8 Å². The number of nitrogens with two attached hydrogens (primary N) is 1. The zero-order valence-corrected chi connectivity index (χ0v) is 16.7. The van der Waals surface area contributed by atoms with Crippen molar-refractivity contribution in [1.82, 2.24) is 0 Å². The lowest BCUT2D eigenvalue weighted by molar-refractivity contribution is 0.0979. The molecule has 0 amide bonds. The third-order valence-corrected chi connectivity index (χ3v) is 5.42. The topological polar surface area (TPSA) is 80.7 Å². The minimum Gasteiger partial charge on any atom is -0.494 e. The predicted molar refractivity (Wildman–Crippen MR) is 116 cm³/mol. The molecular formula is C24H27N3O2. The highest BCUT2D eigenvalue weighted by molar-refractivity contribution is 5.96. The van der Waals surface area contributed by atoms with Crippen LogP contribution in [0.1, 0.15) is 36.5 Å². The predicted octanol–water partition coefficient (Wildman–Crippen LogP) is 4.31. The molecule has 0 aromatic heterocycles. The summed E-state index contributed by atoms with van der Waals surface area (Å²) >= 11 is 0. The van der Waals surface area contributed by atoms with Gasteiger partial charge in [-0.15, -0.1) is 0 Å². The molecule has 0 spiro atoms. The molecule has 2 aromatic carbocycles. The number of allylic oxidation sites excluding steroid dienone is 1. The Bertz CT molecular complexity index is 922. The number of nitrogens with one attached hydrogen (secondary N) is 1. The van der Waals surface area contributed by atoms with Gasteiger partial charge in [-0.3, -0.25) is 10.4 Å². The summed E-state index contributed by atoms with van der Waals surface area (Å²) in [5.41, 5.74) is 10.9. The van der Waals surface area contributed by atoms with E-state index in [1.165, 1.54) is 11.1 Å². The molecule has 5 heteroatoms. The molecule has 5 nitrogen and oxygen atoms in total. The summed E-state index contributed by atoms with van der Waals surface area (Å²) in [5, 5.41) is 7.50. The largest absolute Gasteiger partial charge is 0.494 e. The number of nitrogens with zero attached hydrogens (tertiary/aromatic N) is 1. The first-order chi connectivity index (χ1) is 14.1. The van der Waals surface area contributed by atoms with Gasteiger partial charge in [0.1, 0.15) is 18.0 Å². The van der Waals surface area contributed by atoms with E-state index in [-0.39, 0.29) is 18.0 Å². The molecule has 4 rings (SSSR count). The zero-order valence-electron chi connectivity index (χ0n) is 16.7. The maximum absolute atomic E-state index is 7.50. The van der Waals surface area contributed by atoms with Crippen LogP contribution in [0.3, 0.4) is 0 Å². The first-order valence-corrected chi connectivity index (χ1v) is 10.2. The van der Waals surface area contributed by atoms with E-state index < -0.39 is 0 Å². The highest BCUT2D eigenvalue weighted by Crippen LogP contribution is 2.29. The van der Waals surface area contributed by atoms with Crippen LogP contribution in [-0.4, -0.2) is 30.4 Å². The molecular weight excluding hydrogens is 362 g/mol. The van der Waals surface area contributed by atoms with Crippen molar-refractivity contribution in [3.8, 4) is 0 Å². The van der Waals surface area contributed by atoms with Crippen LogP contribution in [0, 0.1) is 5.41 Å². The van der Waals surface area contributed by atoms with Crippen LogP contribution in [0.2, 0.25) is 0 Å². The quantitative estimate of drug-likeness (QED) is 0.571. The molecule has 0 saturated heterocycles. The smallest absolute Gasteiger partial charge is 0.122 e. The fourth-order valence-corrected chi connectivity index (χ4v) is 3.98. The van der Waals surface area contributed by atoms with E-state index in [9.17, 15) is 0 Å². The van der Waals surface area contributed by atoms with E-state index in [1.54, 1.807) is 0 Å². The first-order valence-electron chi connectivity index (χ1n) is 10.2. The summed E-state index contributed by atoms with van der Waals surface area (Å²) < 4.78 is 12.3. The van der Waals surface area contributed by atoms with Crippen LogP contribution in [-0.2, 0) is 22.3 Å². The number of hydrogen-bond donors (Lipinski definition) is 2. The molecule has 2 aliphatic rings. The fourth-order valence-electron chi connectivity index (χ4n) is 3.98. The van der Waals surface area contributed by atoms with E-state index in [0.29, 0.717) is 12.2 Å². The number of benzene rings is 2. The number of fused-ring (bicyclic) bond motifs is 1. The van der Waals surface area contributed by atoms with Crippen LogP contribution in [0.25, 0.3) is 0 Å². The van der Waals surface area contributed by atoms with Gasteiger partial charge in [0.2, 0.25) is 0 Å². The summed E-state index contributed by atoms with van der Waals surface area (Å²) in [7, 11) is 0. The minimum atomic E-state index is -0.167. The molecule has 0 saturated carbocycles. The highest BCUT2D eigenvalue weighted by Gasteiger charge is 2.26. The van der Waals surface area contributed by atoms with Gasteiger partial charge < -0.3 is 15.2 Å². The van der Waals surface area contributed by atoms with Crippen molar-refractivity contribution < 1.29 is 9.47 Å². The van der Waals surface area contributed by atoms with Crippen molar-refractivity contribution in [1.29, 1.82) is 5.41 Å². The monoisotopic (exact) mass is 389 g/mol. The normalized spacial score (nSPS) is 20.4. The van der Waals surface area contributed by atoms with Gasteiger partial charge in [0.15, 0.2) is 0 Å². The zero-order chi connectivity index (χ0) is 20.2. The van der Waals surface area contributed by atoms with Crippen molar-refractivity contribution in [3.05, 3.63) is 77.1 Å². The summed E-state index contributed by atoms with van der Waals surface area (Å²) in [5.74, 6) is 1.07. The van der Waals surface area contributed by atoms with Gasteiger partial charge in [0, 0.05) is 31.4 Å². The van der Waals surface area contributed by atoms with Gasteiger partial charge in [-0.05, 0) is 54.8 Å². The highest BCUT2D eigenvalue weighted by atomic mass is 16.5. The van der Waals surface area contributed by atoms with Gasteiger partial charge in [0.05, 0.1) is 17.2 Å². The summed E-state index contributed by atoms with van der Waals surface area (Å²) in [6, 6.07) is 16.0. The molecule has 0 radical (unpaired) electrons. The maximum Gasteiger partial charge on any atom is 0.122 e. The fraction of sp³-hybridized carbons (Fsp3) is 0.333. The number of amidine groups is 1. The molecule has 29 heavy (non-hydrogen) atoms. The molecule has 2 aromatic rings. The molecule has 1 unspecified atom stereocenters. The number of hydrogen-bond acceptors (Lipinski definition) is 4. The summed E-state index contributed by atoms with van der Waals surface area (Å²) in [6.07, 6.45) is 5.70. The van der Waals surface area contributed by atoms with Crippen molar-refractivity contribution in [2.75, 3.05) is 6.61 Å². The lowest BCUT2D eigenvalue weighted by atomic mass is 10.00. The maximum atomic E-state index is 7.50. The summed E-state index contributed by atoms with van der Waals surface area (Å²) in [4.78, 5) is 4.80. The molecule has 3 N–H and O–H groups in total. The Kier molecular flexibility index (Phi) is 5.76. The number of nitrogen functional groups attached to an aromatic ring is 1. The second-order valence-corrected chi connectivity index (χ2v) is 7.49. The van der Waals surface area contributed by atoms with Crippen LogP contribution in [0.5, 0.6) is 0 Å². The average molecular weight is 389 g/mol. The van der Waals surface area contributed by atoms with Crippen molar-refractivity contribution in [2.24, 2.45) is 10.7 Å². The Morgan fingerprint density at radius 1 is 1.07 bits per heavy atom. The average Bonchev–Trinajstić information content (AvgIpc) is 3.13. The Morgan fingerprint density at radius 2 is 1.76 bits per heavy atom. The van der Waals surface area contributed by atoms with Gasteiger partial charge in [-0.25, -0.2) is 0 Å². The second-order valence-electron chi connectivity index (χ2n) is 7.49. The van der Waals surface area contributed by atoms with E-state index >= 15 is 0 Å². The van der Waals surface area contributed by atoms with E-state index in [4.69, 9.17) is 25.6 Å². The molecule has 2 aliphatic carbocycles. The third kappa shape index (κ3) is 4.57. The van der Waals surface area contributed by atoms with Gasteiger partial charge in [0.25, 0.3) is 0 Å². The molecule has 0 aliphatic heterocycles. The van der Waals surface area contributed by atoms with E-state index in [1.807, 2.05) is 31.2 Å². The molecule has 0 fully saturated rings. The number of ether oxygens (including phenoxy) is 2. The van der Waals surface area contributed by atoms with Crippen LogP contribution in [0.4, 0.5) is 5.69 Å². The summed E-state index contributed by atoms with van der Waals surface area (Å²) in [6.45, 7) is 2.61. The Balaban J connectivity index is 1.46. The number of rotatable bonds is 6. The molecule has 0 heterocycles. The minimum absolute atomic E-state index is 0.0628. The second kappa shape index (κ2) is 8.62. The lowest BCUT2D eigenvalue weighted by Gasteiger charge is -2.25. The van der Waals surface area contributed by atoms with Crippen LogP contribution in [0.15, 0.2) is 65.4 Å². The lowest BCUT2D eigenvalue weighted by Crippen LogP contribution is -2.28. The van der Waals surface area contributed by atoms with E-state index in [2.05, 4.69) is 30.3 Å². The standard InChI is InChI=1S/C24H27N3O2/c1-2-28-23-15-20(29-21-13-17-5-3-4-6-18(17)14-21)11-12-22(23)27-19-9-7-16(8-10-19)24(25)26/h3-10,15,21,23H,2,11-14H2,1H3,(H3,25,26). The van der Waals surface area contributed by atoms with Gasteiger partial charge in [-0.1, -0.05) is 24.3 Å². The Hall–Kier alpha value is -2.92. The third-order valence-electron chi connectivity index (χ3n) is 5.42. The van der Waals surface area contributed by atoms with Crippen molar-refractivity contribution in [2.45, 2.75) is 44.8 Å². The SMILES string of the molecule is CCOC1C=C(OC2Cc3ccccc3C2)CCC1=Nc1ccc(C(=N)N)cc1. The number of aliphatic imine (C=N–C) groups is 1. The van der Waals surface area contributed by atoms with Crippen molar-refractivity contribution in [3.63, 3.8) is 0 Å².